The molecule has 21 heavy (non-hydrogen) atoms. The Hall–Kier alpha value is -1.75. The Kier molecular flexibility index (Phi) is 5.87. The van der Waals surface area contributed by atoms with Gasteiger partial charge in [-0.15, -0.1) is 0 Å². The first-order valence-corrected chi connectivity index (χ1v) is 7.50. The highest BCUT2D eigenvalue weighted by molar-refractivity contribution is 5.73. The number of rotatable bonds is 7. The van der Waals surface area contributed by atoms with Crippen LogP contribution in [-0.4, -0.2) is 32.7 Å². The van der Waals surface area contributed by atoms with Gasteiger partial charge in [-0.2, -0.15) is 0 Å². The Morgan fingerprint density at radius 2 is 2.10 bits per heavy atom. The van der Waals surface area contributed by atoms with E-state index in [0.29, 0.717) is 25.4 Å². The minimum Gasteiger partial charge on any atom is -0.493 e. The lowest BCUT2D eigenvalue weighted by molar-refractivity contribution is -0.118. The summed E-state index contributed by atoms with van der Waals surface area (Å²) in [6.45, 7) is 2.60. The number of carbonyl (C=O) groups excluding carboxylic acids is 1. The molecule has 0 radical (unpaired) electrons. The van der Waals surface area contributed by atoms with E-state index in [4.69, 9.17) is 15.2 Å². The maximum Gasteiger partial charge on any atom is 0.217 e. The summed E-state index contributed by atoms with van der Waals surface area (Å²) in [6.07, 6.45) is 3.27. The van der Waals surface area contributed by atoms with Crippen molar-refractivity contribution in [3.05, 3.63) is 23.8 Å². The van der Waals surface area contributed by atoms with E-state index >= 15 is 0 Å². The summed E-state index contributed by atoms with van der Waals surface area (Å²) < 4.78 is 11.1. The molecule has 1 amide bonds. The third kappa shape index (κ3) is 4.63. The molecule has 0 atom stereocenters. The van der Waals surface area contributed by atoms with Gasteiger partial charge in [0, 0.05) is 6.42 Å². The lowest BCUT2D eigenvalue weighted by atomic mass is 9.90. The number of nitrogens with two attached hydrogens (primary N) is 1. The third-order valence-corrected chi connectivity index (χ3v) is 3.82. The van der Waals surface area contributed by atoms with Crippen LogP contribution < -0.4 is 20.5 Å². The molecule has 1 aliphatic rings. The first-order chi connectivity index (χ1) is 10.2. The molecule has 0 unspecified atom stereocenters. The van der Waals surface area contributed by atoms with Crippen molar-refractivity contribution in [2.75, 3.05) is 26.8 Å². The minimum absolute atomic E-state index is 0.299. The molecule has 2 rings (SSSR count). The van der Waals surface area contributed by atoms with E-state index in [-0.39, 0.29) is 5.91 Å². The molecule has 0 saturated carbocycles. The number of piperidine rings is 1. The summed E-state index contributed by atoms with van der Waals surface area (Å²) in [5.74, 6) is 1.76. The lowest BCUT2D eigenvalue weighted by Crippen LogP contribution is -2.26. The lowest BCUT2D eigenvalue weighted by Gasteiger charge is -2.23. The SMILES string of the molecule is COc1cc(C2CCNCC2)ccc1OCCCC(N)=O. The van der Waals surface area contributed by atoms with Crippen molar-refractivity contribution in [3.8, 4) is 11.5 Å². The molecule has 1 saturated heterocycles. The average molecular weight is 292 g/mol. The van der Waals surface area contributed by atoms with Crippen molar-refractivity contribution in [1.82, 2.24) is 5.32 Å². The van der Waals surface area contributed by atoms with Crippen LogP contribution in [0, 0.1) is 0 Å². The molecule has 0 spiro atoms. The molecule has 5 heteroatoms. The van der Waals surface area contributed by atoms with Gasteiger partial charge in [-0.05, 0) is 56.0 Å². The summed E-state index contributed by atoms with van der Waals surface area (Å²) in [6, 6.07) is 6.14. The number of hydrogen-bond acceptors (Lipinski definition) is 4. The van der Waals surface area contributed by atoms with Crippen LogP contribution >= 0.6 is 0 Å². The summed E-state index contributed by atoms with van der Waals surface area (Å²) >= 11 is 0. The van der Waals surface area contributed by atoms with Crippen LogP contribution in [0.4, 0.5) is 0 Å². The van der Waals surface area contributed by atoms with E-state index in [1.165, 1.54) is 5.56 Å². The minimum atomic E-state index is -0.299. The largest absolute Gasteiger partial charge is 0.493 e. The smallest absolute Gasteiger partial charge is 0.217 e. The zero-order valence-corrected chi connectivity index (χ0v) is 12.6. The molecule has 1 fully saturated rings. The van der Waals surface area contributed by atoms with Crippen LogP contribution in [-0.2, 0) is 4.79 Å². The Labute approximate surface area is 125 Å². The Bertz CT molecular complexity index is 471. The number of primary amides is 1. The molecule has 116 valence electrons. The predicted octanol–water partition coefficient (Wildman–Crippen LogP) is 1.81. The second-order valence-corrected chi connectivity index (χ2v) is 5.35. The van der Waals surface area contributed by atoms with E-state index in [2.05, 4.69) is 17.4 Å². The van der Waals surface area contributed by atoms with Gasteiger partial charge in [-0.1, -0.05) is 6.07 Å². The van der Waals surface area contributed by atoms with E-state index < -0.39 is 0 Å². The van der Waals surface area contributed by atoms with E-state index in [1.54, 1.807) is 7.11 Å². The highest BCUT2D eigenvalue weighted by atomic mass is 16.5. The van der Waals surface area contributed by atoms with Crippen LogP contribution in [0.3, 0.4) is 0 Å². The molecule has 0 bridgehead atoms. The van der Waals surface area contributed by atoms with E-state index in [1.807, 2.05) is 6.07 Å². The highest BCUT2D eigenvalue weighted by Crippen LogP contribution is 2.33. The van der Waals surface area contributed by atoms with Crippen LogP contribution in [0.2, 0.25) is 0 Å². The van der Waals surface area contributed by atoms with Gasteiger partial charge < -0.3 is 20.5 Å². The van der Waals surface area contributed by atoms with Crippen LogP contribution in [0.1, 0.15) is 37.2 Å². The standard InChI is InChI=1S/C16H24N2O3/c1-20-15-11-13(12-6-8-18-9-7-12)4-5-14(15)21-10-2-3-16(17)19/h4-5,11-12,18H,2-3,6-10H2,1H3,(H2,17,19). The third-order valence-electron chi connectivity index (χ3n) is 3.82. The van der Waals surface area contributed by atoms with Crippen LogP contribution in [0.5, 0.6) is 11.5 Å². The topological polar surface area (TPSA) is 73.6 Å². The fourth-order valence-electron chi connectivity index (χ4n) is 2.64. The van der Waals surface area contributed by atoms with Crippen molar-refractivity contribution in [3.63, 3.8) is 0 Å². The second-order valence-electron chi connectivity index (χ2n) is 5.35. The molecular formula is C16H24N2O3. The maximum atomic E-state index is 10.7. The van der Waals surface area contributed by atoms with E-state index in [0.717, 1.165) is 37.4 Å². The summed E-state index contributed by atoms with van der Waals surface area (Å²) in [5.41, 5.74) is 6.41. The quantitative estimate of drug-likeness (QED) is 0.752. The van der Waals surface area contributed by atoms with Crippen molar-refractivity contribution in [1.29, 1.82) is 0 Å². The predicted molar refractivity (Wildman–Crippen MR) is 81.8 cm³/mol. The van der Waals surface area contributed by atoms with Crippen molar-refractivity contribution < 1.29 is 14.3 Å². The second kappa shape index (κ2) is 7.88. The number of carbonyl (C=O) groups is 1. The molecule has 5 nitrogen and oxygen atoms in total. The Morgan fingerprint density at radius 1 is 1.33 bits per heavy atom. The summed E-state index contributed by atoms with van der Waals surface area (Å²) in [5, 5.41) is 3.37. The molecule has 0 aromatic heterocycles. The molecular weight excluding hydrogens is 268 g/mol. The monoisotopic (exact) mass is 292 g/mol. The molecule has 1 heterocycles. The van der Waals surface area contributed by atoms with Gasteiger partial charge in [-0.25, -0.2) is 0 Å². The number of hydrogen-bond donors (Lipinski definition) is 2. The fraction of sp³-hybridized carbons (Fsp3) is 0.562. The highest BCUT2D eigenvalue weighted by Gasteiger charge is 2.17. The number of nitrogens with one attached hydrogen (secondary N) is 1. The van der Waals surface area contributed by atoms with Crippen LogP contribution in [0.15, 0.2) is 18.2 Å². The number of methoxy groups -OCH3 is 1. The first kappa shape index (κ1) is 15.6. The molecule has 1 aliphatic heterocycles. The fourth-order valence-corrected chi connectivity index (χ4v) is 2.64. The van der Waals surface area contributed by atoms with E-state index in [9.17, 15) is 4.79 Å². The summed E-state index contributed by atoms with van der Waals surface area (Å²) in [7, 11) is 1.65. The van der Waals surface area contributed by atoms with Gasteiger partial charge in [0.1, 0.15) is 0 Å². The molecule has 1 aromatic rings. The van der Waals surface area contributed by atoms with Crippen LogP contribution in [0.25, 0.3) is 0 Å². The summed E-state index contributed by atoms with van der Waals surface area (Å²) in [4.78, 5) is 10.7. The average Bonchev–Trinajstić information content (AvgIpc) is 2.52. The van der Waals surface area contributed by atoms with Gasteiger partial charge in [0.05, 0.1) is 13.7 Å². The molecule has 0 aliphatic carbocycles. The van der Waals surface area contributed by atoms with Gasteiger partial charge in [-0.3, -0.25) is 4.79 Å². The normalized spacial score (nSPS) is 15.7. The molecule has 1 aromatic carbocycles. The van der Waals surface area contributed by atoms with Crippen molar-refractivity contribution in [2.45, 2.75) is 31.6 Å². The number of amides is 1. The van der Waals surface area contributed by atoms with Gasteiger partial charge in [0.25, 0.3) is 0 Å². The zero-order chi connectivity index (χ0) is 15.1. The first-order valence-electron chi connectivity index (χ1n) is 7.50. The Balaban J connectivity index is 1.97. The van der Waals surface area contributed by atoms with Crippen molar-refractivity contribution >= 4 is 5.91 Å². The Morgan fingerprint density at radius 3 is 2.76 bits per heavy atom. The number of ether oxygens (including phenoxy) is 2. The van der Waals surface area contributed by atoms with Gasteiger partial charge in [0.2, 0.25) is 5.91 Å². The molecule has 3 N–H and O–H groups in total. The maximum absolute atomic E-state index is 10.7. The number of benzene rings is 1. The van der Waals surface area contributed by atoms with Gasteiger partial charge >= 0.3 is 0 Å². The zero-order valence-electron chi connectivity index (χ0n) is 12.6. The van der Waals surface area contributed by atoms with Gasteiger partial charge in [0.15, 0.2) is 11.5 Å². The van der Waals surface area contributed by atoms with Crippen molar-refractivity contribution in [2.24, 2.45) is 5.73 Å².